The van der Waals surface area contributed by atoms with Crippen LogP contribution in [0, 0.1) is 10.8 Å². The second-order valence-corrected chi connectivity index (χ2v) is 10.7. The van der Waals surface area contributed by atoms with Crippen LogP contribution in [0.2, 0.25) is 5.02 Å². The Kier molecular flexibility index (Phi) is 4.96. The van der Waals surface area contributed by atoms with E-state index in [1.54, 1.807) is 13.1 Å². The van der Waals surface area contributed by atoms with Crippen LogP contribution < -0.4 is 10.6 Å². The summed E-state index contributed by atoms with van der Waals surface area (Å²) < 4.78 is 2.03. The van der Waals surface area contributed by atoms with Gasteiger partial charge in [-0.2, -0.15) is 5.10 Å². The zero-order chi connectivity index (χ0) is 22.7. The molecule has 0 aromatic carbocycles. The summed E-state index contributed by atoms with van der Waals surface area (Å²) in [4.78, 5) is 30.6. The Balaban J connectivity index is 1.27. The van der Waals surface area contributed by atoms with E-state index in [2.05, 4.69) is 34.6 Å². The highest BCUT2D eigenvalue weighted by atomic mass is 35.5. The number of carbonyl (C=O) groups is 2. The molecule has 2 aliphatic heterocycles. The Morgan fingerprint density at radius 2 is 2.03 bits per heavy atom. The van der Waals surface area contributed by atoms with Crippen molar-refractivity contribution in [2.75, 3.05) is 18.4 Å². The second kappa shape index (κ2) is 7.47. The minimum absolute atomic E-state index is 0.0192. The van der Waals surface area contributed by atoms with Gasteiger partial charge in [0.05, 0.1) is 11.2 Å². The molecule has 5 rings (SSSR count). The molecule has 2 fully saturated rings. The number of nitrogens with zero attached hydrogens (tertiary/aromatic N) is 4. The van der Waals surface area contributed by atoms with Crippen molar-refractivity contribution in [1.29, 1.82) is 0 Å². The molecular formula is C23H29ClN6O2. The molecule has 4 heterocycles. The SMILES string of the molecule is CC(=O)N1CCC[C@]2(C[C@H]2NC(=O)Nc2cc(-c3cnn4c3CC(C)(C)C4)c(Cl)cn2)C1. The predicted molar refractivity (Wildman–Crippen MR) is 122 cm³/mol. The van der Waals surface area contributed by atoms with E-state index >= 15 is 0 Å². The smallest absolute Gasteiger partial charge is 0.320 e. The van der Waals surface area contributed by atoms with Crippen molar-refractivity contribution in [3.8, 4) is 11.1 Å². The lowest BCUT2D eigenvalue weighted by Gasteiger charge is -2.33. The van der Waals surface area contributed by atoms with Gasteiger partial charge in [0.1, 0.15) is 5.82 Å². The molecule has 32 heavy (non-hydrogen) atoms. The fourth-order valence-electron chi connectivity index (χ4n) is 5.33. The number of piperidine rings is 1. The molecular weight excluding hydrogens is 428 g/mol. The summed E-state index contributed by atoms with van der Waals surface area (Å²) in [5, 5.41) is 11.0. The van der Waals surface area contributed by atoms with Crippen LogP contribution >= 0.6 is 11.6 Å². The van der Waals surface area contributed by atoms with Crippen molar-refractivity contribution >= 4 is 29.4 Å². The zero-order valence-electron chi connectivity index (χ0n) is 18.7. The molecule has 8 nitrogen and oxygen atoms in total. The third-order valence-electron chi connectivity index (χ3n) is 7.11. The van der Waals surface area contributed by atoms with Gasteiger partial charge in [-0.05, 0) is 37.2 Å². The third-order valence-corrected chi connectivity index (χ3v) is 7.41. The van der Waals surface area contributed by atoms with Gasteiger partial charge in [0, 0.05) is 61.0 Å². The van der Waals surface area contributed by atoms with Gasteiger partial charge in [0.15, 0.2) is 0 Å². The summed E-state index contributed by atoms with van der Waals surface area (Å²) in [6.45, 7) is 8.47. The van der Waals surface area contributed by atoms with E-state index in [-0.39, 0.29) is 28.8 Å². The third kappa shape index (κ3) is 3.85. The molecule has 170 valence electrons. The number of anilines is 1. The van der Waals surface area contributed by atoms with E-state index in [0.717, 1.165) is 62.1 Å². The number of pyridine rings is 1. The molecule has 9 heteroatoms. The number of nitrogens with one attached hydrogen (secondary N) is 2. The van der Waals surface area contributed by atoms with E-state index in [9.17, 15) is 9.59 Å². The molecule has 2 atom stereocenters. The first-order valence-corrected chi connectivity index (χ1v) is 11.6. The van der Waals surface area contributed by atoms with Gasteiger partial charge >= 0.3 is 6.03 Å². The average Bonchev–Trinajstić information content (AvgIpc) is 3.04. The summed E-state index contributed by atoms with van der Waals surface area (Å²) >= 11 is 6.47. The summed E-state index contributed by atoms with van der Waals surface area (Å²) in [5.74, 6) is 0.551. The predicted octanol–water partition coefficient (Wildman–Crippen LogP) is 3.70. The van der Waals surface area contributed by atoms with Gasteiger partial charge in [-0.25, -0.2) is 9.78 Å². The number of rotatable bonds is 3. The average molecular weight is 457 g/mol. The number of aromatic nitrogens is 3. The molecule has 1 aliphatic carbocycles. The lowest BCUT2D eigenvalue weighted by Crippen LogP contribution is -2.43. The van der Waals surface area contributed by atoms with Crippen molar-refractivity contribution in [2.45, 2.75) is 59.0 Å². The first kappa shape index (κ1) is 21.2. The molecule has 1 saturated heterocycles. The highest BCUT2D eigenvalue weighted by Crippen LogP contribution is 2.52. The van der Waals surface area contributed by atoms with Crippen LogP contribution in [0.4, 0.5) is 10.6 Å². The summed E-state index contributed by atoms with van der Waals surface area (Å²) in [7, 11) is 0. The van der Waals surface area contributed by atoms with Gasteiger partial charge in [-0.3, -0.25) is 14.8 Å². The fourth-order valence-corrected chi connectivity index (χ4v) is 5.53. The van der Waals surface area contributed by atoms with Crippen molar-refractivity contribution in [1.82, 2.24) is 25.0 Å². The van der Waals surface area contributed by atoms with E-state index in [4.69, 9.17) is 11.6 Å². The van der Waals surface area contributed by atoms with Gasteiger partial charge in [0.25, 0.3) is 0 Å². The highest BCUT2D eigenvalue weighted by molar-refractivity contribution is 6.33. The highest BCUT2D eigenvalue weighted by Gasteiger charge is 2.56. The maximum Gasteiger partial charge on any atom is 0.320 e. The van der Waals surface area contributed by atoms with Gasteiger partial charge in [-0.15, -0.1) is 0 Å². The largest absolute Gasteiger partial charge is 0.342 e. The van der Waals surface area contributed by atoms with E-state index < -0.39 is 0 Å². The number of carbonyl (C=O) groups excluding carboxylic acids is 2. The zero-order valence-corrected chi connectivity index (χ0v) is 19.5. The lowest BCUT2D eigenvalue weighted by atomic mass is 9.89. The van der Waals surface area contributed by atoms with Gasteiger partial charge < -0.3 is 10.2 Å². The minimum Gasteiger partial charge on any atom is -0.342 e. The second-order valence-electron chi connectivity index (χ2n) is 10.3. The van der Waals surface area contributed by atoms with Crippen LogP contribution in [0.3, 0.4) is 0 Å². The number of halogens is 1. The first-order chi connectivity index (χ1) is 15.2. The normalized spacial score (nSPS) is 25.5. The van der Waals surface area contributed by atoms with Crippen LogP contribution in [0.1, 0.15) is 45.7 Å². The standard InChI is InChI=1S/C23H29ClN6O2/c1-14(31)29-6-4-5-23(13-29)9-19(23)27-21(32)28-20-7-15(17(24)11-25-20)16-10-26-30-12-22(2,3)8-18(16)30/h7,10-11,19H,4-6,8-9,12-13H2,1-3H3,(H2,25,27,28,32)/t19-,23+/m1/s1. The van der Waals surface area contributed by atoms with E-state index in [1.165, 1.54) is 0 Å². The fraction of sp³-hybridized carbons (Fsp3) is 0.565. The Labute approximate surface area is 192 Å². The Morgan fingerprint density at radius 1 is 1.22 bits per heavy atom. The molecule has 0 bridgehead atoms. The molecule has 1 spiro atoms. The summed E-state index contributed by atoms with van der Waals surface area (Å²) in [5.41, 5.74) is 3.15. The monoisotopic (exact) mass is 456 g/mol. The molecule has 2 N–H and O–H groups in total. The molecule has 2 aromatic rings. The maximum atomic E-state index is 12.7. The van der Waals surface area contributed by atoms with Crippen LogP contribution in [0.25, 0.3) is 11.1 Å². The van der Waals surface area contributed by atoms with Crippen LogP contribution in [-0.2, 0) is 17.8 Å². The minimum atomic E-state index is -0.283. The van der Waals surface area contributed by atoms with E-state index in [1.807, 2.05) is 21.8 Å². The van der Waals surface area contributed by atoms with Gasteiger partial charge in [-0.1, -0.05) is 25.4 Å². The topological polar surface area (TPSA) is 92.2 Å². The van der Waals surface area contributed by atoms with Crippen molar-refractivity contribution < 1.29 is 9.59 Å². The van der Waals surface area contributed by atoms with Crippen LogP contribution in [0.5, 0.6) is 0 Å². The van der Waals surface area contributed by atoms with E-state index in [0.29, 0.717) is 10.8 Å². The van der Waals surface area contributed by atoms with Crippen molar-refractivity contribution in [3.63, 3.8) is 0 Å². The number of urea groups is 1. The van der Waals surface area contributed by atoms with Crippen molar-refractivity contribution in [2.24, 2.45) is 10.8 Å². The quantitative estimate of drug-likeness (QED) is 0.736. The maximum absolute atomic E-state index is 12.7. The Bertz CT molecular complexity index is 1100. The number of hydrogen-bond donors (Lipinski definition) is 2. The Morgan fingerprint density at radius 3 is 2.81 bits per heavy atom. The number of fused-ring (bicyclic) bond motifs is 1. The number of amides is 3. The van der Waals surface area contributed by atoms with Gasteiger partial charge in [0.2, 0.25) is 5.91 Å². The molecule has 2 aromatic heterocycles. The molecule has 0 radical (unpaired) electrons. The first-order valence-electron chi connectivity index (χ1n) is 11.2. The number of hydrogen-bond acceptors (Lipinski definition) is 4. The lowest BCUT2D eigenvalue weighted by molar-refractivity contribution is -0.131. The Hall–Kier alpha value is -2.61. The van der Waals surface area contributed by atoms with Crippen LogP contribution in [0.15, 0.2) is 18.5 Å². The molecule has 0 unspecified atom stereocenters. The number of likely N-dealkylation sites (tertiary alicyclic amines) is 1. The molecule has 3 amide bonds. The van der Waals surface area contributed by atoms with Crippen LogP contribution in [-0.4, -0.2) is 50.7 Å². The summed E-state index contributed by atoms with van der Waals surface area (Å²) in [6.07, 6.45) is 7.25. The molecule has 1 saturated carbocycles. The molecule has 3 aliphatic rings. The summed E-state index contributed by atoms with van der Waals surface area (Å²) in [6, 6.07) is 1.61. The van der Waals surface area contributed by atoms with Crippen molar-refractivity contribution in [3.05, 3.63) is 29.2 Å².